The third-order valence-electron chi connectivity index (χ3n) is 5.06. The summed E-state index contributed by atoms with van der Waals surface area (Å²) in [4.78, 5) is 27.4. The van der Waals surface area contributed by atoms with Gasteiger partial charge in [0.1, 0.15) is 23.3 Å². The Bertz CT molecular complexity index is 1240. The average Bonchev–Trinajstić information content (AvgIpc) is 3.29. The molecule has 164 valence electrons. The molecular formula is C23H16Cl3NO5. The number of carbonyl (C=O) groups excluding carboxylic acids is 2. The Morgan fingerprint density at radius 1 is 1.03 bits per heavy atom. The van der Waals surface area contributed by atoms with Crippen LogP contribution in [-0.4, -0.2) is 23.9 Å². The SMILES string of the molecule is COc1c(Cl)cc(/C(O)=C2/C(=O)C(=O)N(c3ccc(Cl)cc3)C2c2ccc(C)o2)cc1Cl. The lowest BCUT2D eigenvalue weighted by Crippen LogP contribution is -2.29. The molecule has 4 rings (SSSR count). The molecule has 1 atom stereocenters. The zero-order chi connectivity index (χ0) is 23.2. The van der Waals surface area contributed by atoms with Crippen molar-refractivity contribution in [2.45, 2.75) is 13.0 Å². The normalized spacial score (nSPS) is 17.8. The zero-order valence-electron chi connectivity index (χ0n) is 16.9. The number of anilines is 1. The standard InChI is InChI=1S/C23H16Cl3NO5/c1-11-3-8-17(32-11)19-18(20(28)12-9-15(25)22(31-2)16(26)10-12)21(29)23(30)27(19)14-6-4-13(24)5-7-14/h3-10,19,28H,1-2H3/b20-18-. The Balaban J connectivity index is 1.94. The van der Waals surface area contributed by atoms with Crippen LogP contribution in [-0.2, 0) is 9.59 Å². The first-order valence-electron chi connectivity index (χ1n) is 9.39. The van der Waals surface area contributed by atoms with E-state index in [0.29, 0.717) is 22.2 Å². The molecule has 1 unspecified atom stereocenters. The monoisotopic (exact) mass is 491 g/mol. The van der Waals surface area contributed by atoms with Crippen LogP contribution < -0.4 is 9.64 Å². The maximum atomic E-state index is 13.1. The highest BCUT2D eigenvalue weighted by Gasteiger charge is 2.48. The third-order valence-corrected chi connectivity index (χ3v) is 5.87. The highest BCUT2D eigenvalue weighted by molar-refractivity contribution is 6.51. The summed E-state index contributed by atoms with van der Waals surface area (Å²) in [5.74, 6) is -1.02. The summed E-state index contributed by atoms with van der Waals surface area (Å²) < 4.78 is 10.9. The van der Waals surface area contributed by atoms with Crippen LogP contribution in [0, 0.1) is 6.92 Å². The number of amides is 1. The van der Waals surface area contributed by atoms with Crippen molar-refractivity contribution >= 4 is 57.9 Å². The number of rotatable bonds is 4. The molecule has 0 spiro atoms. The molecule has 1 saturated heterocycles. The van der Waals surface area contributed by atoms with E-state index in [9.17, 15) is 14.7 Å². The highest BCUT2D eigenvalue weighted by Crippen LogP contribution is 2.44. The van der Waals surface area contributed by atoms with E-state index in [-0.39, 0.29) is 26.9 Å². The molecule has 2 heterocycles. The number of aryl methyl sites for hydroxylation is 1. The smallest absolute Gasteiger partial charge is 0.300 e. The molecule has 2 aromatic carbocycles. The minimum absolute atomic E-state index is 0.138. The van der Waals surface area contributed by atoms with Gasteiger partial charge in [0.2, 0.25) is 0 Å². The fourth-order valence-electron chi connectivity index (χ4n) is 3.62. The van der Waals surface area contributed by atoms with Crippen LogP contribution in [0.3, 0.4) is 0 Å². The van der Waals surface area contributed by atoms with Crippen molar-refractivity contribution in [3.8, 4) is 5.75 Å². The summed E-state index contributed by atoms with van der Waals surface area (Å²) in [5, 5.41) is 11.9. The molecule has 0 saturated carbocycles. The van der Waals surface area contributed by atoms with Gasteiger partial charge in [-0.25, -0.2) is 0 Å². The number of ketones is 1. The van der Waals surface area contributed by atoms with Crippen molar-refractivity contribution in [2.75, 3.05) is 12.0 Å². The number of methoxy groups -OCH3 is 1. The molecular weight excluding hydrogens is 477 g/mol. The lowest BCUT2D eigenvalue weighted by Gasteiger charge is -2.23. The maximum Gasteiger partial charge on any atom is 0.300 e. The molecule has 9 heteroatoms. The Morgan fingerprint density at radius 3 is 2.19 bits per heavy atom. The van der Waals surface area contributed by atoms with Crippen molar-refractivity contribution in [3.05, 3.63) is 86.3 Å². The Kier molecular flexibility index (Phi) is 5.95. The molecule has 0 radical (unpaired) electrons. The van der Waals surface area contributed by atoms with Gasteiger partial charge in [0.25, 0.3) is 11.7 Å². The lowest BCUT2D eigenvalue weighted by atomic mass is 9.99. The van der Waals surface area contributed by atoms with E-state index < -0.39 is 23.5 Å². The van der Waals surface area contributed by atoms with Gasteiger partial charge >= 0.3 is 0 Å². The Labute approximate surface area is 198 Å². The summed E-state index contributed by atoms with van der Waals surface area (Å²) in [7, 11) is 1.41. The topological polar surface area (TPSA) is 80.0 Å². The van der Waals surface area contributed by atoms with Gasteiger partial charge in [0.05, 0.1) is 22.7 Å². The number of hydrogen-bond donors (Lipinski definition) is 1. The molecule has 1 N–H and O–H groups in total. The van der Waals surface area contributed by atoms with Crippen LogP contribution in [0.1, 0.15) is 23.1 Å². The van der Waals surface area contributed by atoms with Gasteiger partial charge in [-0.3, -0.25) is 14.5 Å². The summed E-state index contributed by atoms with van der Waals surface area (Å²) in [6.07, 6.45) is 0. The number of carbonyl (C=O) groups is 2. The van der Waals surface area contributed by atoms with Gasteiger partial charge in [0.15, 0.2) is 5.75 Å². The molecule has 1 aliphatic heterocycles. The van der Waals surface area contributed by atoms with E-state index in [4.69, 9.17) is 44.0 Å². The molecule has 3 aromatic rings. The number of benzene rings is 2. The Morgan fingerprint density at radius 2 is 1.66 bits per heavy atom. The van der Waals surface area contributed by atoms with E-state index in [1.54, 1.807) is 43.3 Å². The van der Waals surface area contributed by atoms with E-state index >= 15 is 0 Å². The largest absolute Gasteiger partial charge is 0.507 e. The van der Waals surface area contributed by atoms with Gasteiger partial charge in [-0.1, -0.05) is 34.8 Å². The maximum absolute atomic E-state index is 13.1. The predicted molar refractivity (Wildman–Crippen MR) is 123 cm³/mol. The van der Waals surface area contributed by atoms with Crippen molar-refractivity contribution in [2.24, 2.45) is 0 Å². The number of nitrogens with zero attached hydrogens (tertiary/aromatic N) is 1. The molecule has 1 amide bonds. The van der Waals surface area contributed by atoms with E-state index in [0.717, 1.165) is 0 Å². The van der Waals surface area contributed by atoms with E-state index in [2.05, 4.69) is 0 Å². The van der Waals surface area contributed by atoms with E-state index in [1.165, 1.54) is 24.1 Å². The summed E-state index contributed by atoms with van der Waals surface area (Å²) in [6.45, 7) is 1.74. The van der Waals surface area contributed by atoms with Crippen LogP contribution in [0.15, 0.2) is 58.5 Å². The van der Waals surface area contributed by atoms with Crippen LogP contribution >= 0.6 is 34.8 Å². The average molecular weight is 493 g/mol. The molecule has 32 heavy (non-hydrogen) atoms. The minimum Gasteiger partial charge on any atom is -0.507 e. The number of hydrogen-bond acceptors (Lipinski definition) is 5. The highest BCUT2D eigenvalue weighted by atomic mass is 35.5. The summed E-state index contributed by atoms with van der Waals surface area (Å²) >= 11 is 18.4. The van der Waals surface area contributed by atoms with Crippen molar-refractivity contribution < 1.29 is 23.8 Å². The quantitative estimate of drug-likeness (QED) is 0.267. The molecule has 1 fully saturated rings. The first kappa shape index (κ1) is 22.3. The number of Topliss-reactive ketones (excluding diaryl/α,β-unsaturated/α-hetero) is 1. The van der Waals surface area contributed by atoms with Crippen LogP contribution in [0.25, 0.3) is 5.76 Å². The predicted octanol–water partition coefficient (Wildman–Crippen LogP) is 6.18. The molecule has 1 aliphatic rings. The molecule has 0 aliphatic carbocycles. The zero-order valence-corrected chi connectivity index (χ0v) is 19.1. The molecule has 6 nitrogen and oxygen atoms in total. The van der Waals surface area contributed by atoms with Crippen molar-refractivity contribution in [3.63, 3.8) is 0 Å². The van der Waals surface area contributed by atoms with Gasteiger partial charge < -0.3 is 14.3 Å². The van der Waals surface area contributed by atoms with Crippen LogP contribution in [0.4, 0.5) is 5.69 Å². The second-order valence-corrected chi connectivity index (χ2v) is 8.32. The first-order valence-corrected chi connectivity index (χ1v) is 10.5. The number of ether oxygens (including phenoxy) is 1. The minimum atomic E-state index is -1.01. The van der Waals surface area contributed by atoms with Gasteiger partial charge in [-0.2, -0.15) is 0 Å². The number of aliphatic hydroxyl groups is 1. The second-order valence-electron chi connectivity index (χ2n) is 7.07. The summed E-state index contributed by atoms with van der Waals surface area (Å²) in [6, 6.07) is 11.6. The van der Waals surface area contributed by atoms with Gasteiger partial charge in [-0.05, 0) is 55.5 Å². The Hall–Kier alpha value is -2.93. The fraction of sp³-hybridized carbons (Fsp3) is 0.130. The lowest BCUT2D eigenvalue weighted by molar-refractivity contribution is -0.132. The number of furan rings is 1. The fourth-order valence-corrected chi connectivity index (χ4v) is 4.38. The summed E-state index contributed by atoms with van der Waals surface area (Å²) in [5.41, 5.74) is 0.417. The van der Waals surface area contributed by atoms with Gasteiger partial charge in [-0.15, -0.1) is 0 Å². The molecule has 0 bridgehead atoms. The second kappa shape index (κ2) is 8.54. The van der Waals surface area contributed by atoms with Crippen LogP contribution in [0.5, 0.6) is 5.75 Å². The van der Waals surface area contributed by atoms with E-state index in [1.807, 2.05) is 0 Å². The van der Waals surface area contributed by atoms with Crippen LogP contribution in [0.2, 0.25) is 15.1 Å². The first-order chi connectivity index (χ1) is 15.2. The number of halogens is 3. The third kappa shape index (κ3) is 3.75. The van der Waals surface area contributed by atoms with Crippen molar-refractivity contribution in [1.82, 2.24) is 0 Å². The molecule has 1 aromatic heterocycles. The van der Waals surface area contributed by atoms with Gasteiger partial charge in [0, 0.05) is 16.3 Å². The van der Waals surface area contributed by atoms with Crippen molar-refractivity contribution in [1.29, 1.82) is 0 Å². The number of aliphatic hydroxyl groups excluding tert-OH is 1.